The first-order valence-electron chi connectivity index (χ1n) is 4.91. The molecule has 0 radical (unpaired) electrons. The summed E-state index contributed by atoms with van der Waals surface area (Å²) in [5.41, 5.74) is -0.298. The van der Waals surface area contributed by atoms with E-state index in [1.165, 1.54) is 0 Å². The van der Waals surface area contributed by atoms with Crippen LogP contribution in [0.25, 0.3) is 0 Å². The molecule has 5 heteroatoms. The van der Waals surface area contributed by atoms with Crippen LogP contribution < -0.4 is 0 Å². The predicted octanol–water partition coefficient (Wildman–Crippen LogP) is 1.19. The second kappa shape index (κ2) is 4.33. The Bertz CT molecular complexity index is 363. The minimum Gasteiger partial charge on any atom is -0.481 e. The van der Waals surface area contributed by atoms with Gasteiger partial charge in [0.2, 0.25) is 0 Å². The number of aliphatic carboxylic acids is 1. The molecule has 0 unspecified atom stereocenters. The van der Waals surface area contributed by atoms with Crippen LogP contribution in [0.4, 0.5) is 0 Å². The number of aromatic nitrogens is 3. The van der Waals surface area contributed by atoms with Crippen molar-refractivity contribution in [1.29, 1.82) is 0 Å². The summed E-state index contributed by atoms with van der Waals surface area (Å²) in [5.74, 6) is -0.682. The molecule has 5 nitrogen and oxygen atoms in total. The molecule has 0 aliphatic carbocycles. The van der Waals surface area contributed by atoms with Gasteiger partial charge >= 0.3 is 5.97 Å². The van der Waals surface area contributed by atoms with Crippen LogP contribution in [0.2, 0.25) is 0 Å². The van der Waals surface area contributed by atoms with Crippen molar-refractivity contribution in [1.82, 2.24) is 15.2 Å². The molecule has 1 aromatic heterocycles. The van der Waals surface area contributed by atoms with Crippen molar-refractivity contribution >= 4 is 5.97 Å². The van der Waals surface area contributed by atoms with Gasteiger partial charge in [-0.05, 0) is 20.3 Å². The number of hydrogen-bond donors (Lipinski definition) is 1. The van der Waals surface area contributed by atoms with Crippen LogP contribution >= 0.6 is 0 Å². The molecule has 1 rings (SSSR count). The highest BCUT2D eigenvalue weighted by atomic mass is 16.4. The Morgan fingerprint density at radius 2 is 2.20 bits per heavy atom. The Hall–Kier alpha value is -1.52. The molecular weight excluding hydrogens is 194 g/mol. The summed E-state index contributed by atoms with van der Waals surface area (Å²) in [7, 11) is 0. The lowest BCUT2D eigenvalue weighted by atomic mass is 9.93. The number of aryl methyl sites for hydroxylation is 1. The average Bonchev–Trinajstić information content (AvgIpc) is 2.18. The third-order valence-electron chi connectivity index (χ3n) is 2.21. The van der Waals surface area contributed by atoms with E-state index in [2.05, 4.69) is 15.2 Å². The monoisotopic (exact) mass is 209 g/mol. The van der Waals surface area contributed by atoms with Crippen LogP contribution in [0, 0.1) is 0 Å². The highest BCUT2D eigenvalue weighted by Gasteiger charge is 2.33. The molecule has 15 heavy (non-hydrogen) atoms. The predicted molar refractivity (Wildman–Crippen MR) is 54.5 cm³/mol. The third-order valence-corrected chi connectivity index (χ3v) is 2.21. The van der Waals surface area contributed by atoms with Gasteiger partial charge in [0.1, 0.15) is 5.41 Å². The normalized spacial score (nSPS) is 11.4. The molecule has 0 aromatic carbocycles. The maximum absolute atomic E-state index is 11.0. The molecule has 0 amide bonds. The number of carboxylic acid groups (broad SMARTS) is 1. The Morgan fingerprint density at radius 3 is 2.73 bits per heavy atom. The molecule has 0 fully saturated rings. The Balaban J connectivity index is 3.04. The van der Waals surface area contributed by atoms with E-state index in [0.717, 1.165) is 18.5 Å². The SMILES string of the molecule is CCCc1cnnc(C(C)(C)C(=O)O)n1. The number of carboxylic acids is 1. The smallest absolute Gasteiger partial charge is 0.316 e. The quantitative estimate of drug-likeness (QED) is 0.806. The van der Waals surface area contributed by atoms with E-state index in [1.54, 1.807) is 20.0 Å². The first-order valence-corrected chi connectivity index (χ1v) is 4.91. The fourth-order valence-corrected chi connectivity index (χ4v) is 1.07. The third kappa shape index (κ3) is 2.49. The summed E-state index contributed by atoms with van der Waals surface area (Å²) in [6, 6.07) is 0. The van der Waals surface area contributed by atoms with Crippen LogP contribution in [0.5, 0.6) is 0 Å². The number of nitrogens with zero attached hydrogens (tertiary/aromatic N) is 3. The van der Waals surface area contributed by atoms with E-state index in [9.17, 15) is 4.79 Å². The minimum absolute atomic E-state index is 0.265. The van der Waals surface area contributed by atoms with Gasteiger partial charge in [-0.15, -0.1) is 5.10 Å². The van der Waals surface area contributed by atoms with Crippen molar-refractivity contribution in [3.8, 4) is 0 Å². The molecule has 0 atom stereocenters. The number of rotatable bonds is 4. The van der Waals surface area contributed by atoms with Gasteiger partial charge in [-0.25, -0.2) is 4.98 Å². The molecule has 0 bridgehead atoms. The molecule has 0 spiro atoms. The van der Waals surface area contributed by atoms with E-state index in [0.29, 0.717) is 0 Å². The maximum atomic E-state index is 11.0. The van der Waals surface area contributed by atoms with Gasteiger partial charge in [0.25, 0.3) is 0 Å². The fraction of sp³-hybridized carbons (Fsp3) is 0.600. The van der Waals surface area contributed by atoms with Gasteiger partial charge in [0, 0.05) is 0 Å². The van der Waals surface area contributed by atoms with Gasteiger partial charge in [-0.2, -0.15) is 5.10 Å². The topological polar surface area (TPSA) is 76.0 Å². The van der Waals surface area contributed by atoms with Crippen LogP contribution in [0.3, 0.4) is 0 Å². The Kier molecular flexibility index (Phi) is 3.34. The van der Waals surface area contributed by atoms with Crippen molar-refractivity contribution in [3.63, 3.8) is 0 Å². The molecule has 0 aliphatic heterocycles. The maximum Gasteiger partial charge on any atom is 0.316 e. The molecule has 0 saturated heterocycles. The summed E-state index contributed by atoms with van der Waals surface area (Å²) in [6.07, 6.45) is 3.31. The zero-order valence-corrected chi connectivity index (χ0v) is 9.19. The molecule has 82 valence electrons. The molecule has 1 heterocycles. The van der Waals surface area contributed by atoms with Gasteiger partial charge in [0.05, 0.1) is 11.9 Å². The van der Waals surface area contributed by atoms with Gasteiger partial charge in [-0.3, -0.25) is 4.79 Å². The van der Waals surface area contributed by atoms with E-state index < -0.39 is 11.4 Å². The first kappa shape index (κ1) is 11.6. The van der Waals surface area contributed by atoms with Gasteiger partial charge in [0.15, 0.2) is 5.82 Å². The average molecular weight is 209 g/mol. The van der Waals surface area contributed by atoms with Crippen LogP contribution in [-0.2, 0) is 16.6 Å². The van der Waals surface area contributed by atoms with E-state index in [-0.39, 0.29) is 5.82 Å². The molecule has 1 aromatic rings. The summed E-state index contributed by atoms with van der Waals surface area (Å²) in [4.78, 5) is 15.2. The fourth-order valence-electron chi connectivity index (χ4n) is 1.07. The second-order valence-electron chi connectivity index (χ2n) is 3.95. The largest absolute Gasteiger partial charge is 0.481 e. The Labute approximate surface area is 88.6 Å². The van der Waals surface area contributed by atoms with Crippen molar-refractivity contribution in [2.45, 2.75) is 39.0 Å². The van der Waals surface area contributed by atoms with Crippen LogP contribution in [0.15, 0.2) is 6.20 Å². The molecule has 1 N–H and O–H groups in total. The van der Waals surface area contributed by atoms with E-state index in [4.69, 9.17) is 5.11 Å². The van der Waals surface area contributed by atoms with Crippen LogP contribution in [-0.4, -0.2) is 26.3 Å². The lowest BCUT2D eigenvalue weighted by molar-refractivity contribution is -0.142. The van der Waals surface area contributed by atoms with E-state index >= 15 is 0 Å². The number of hydrogen-bond acceptors (Lipinski definition) is 4. The van der Waals surface area contributed by atoms with Gasteiger partial charge < -0.3 is 5.11 Å². The van der Waals surface area contributed by atoms with Gasteiger partial charge in [-0.1, -0.05) is 13.3 Å². The first-order chi connectivity index (χ1) is 6.98. The van der Waals surface area contributed by atoms with Crippen molar-refractivity contribution in [3.05, 3.63) is 17.7 Å². The zero-order valence-electron chi connectivity index (χ0n) is 9.19. The summed E-state index contributed by atoms with van der Waals surface area (Å²) < 4.78 is 0. The van der Waals surface area contributed by atoms with Crippen LogP contribution in [0.1, 0.15) is 38.7 Å². The highest BCUT2D eigenvalue weighted by molar-refractivity contribution is 5.78. The van der Waals surface area contributed by atoms with Crippen molar-refractivity contribution in [2.75, 3.05) is 0 Å². The molecular formula is C10H15N3O2. The summed E-state index contributed by atoms with van der Waals surface area (Å²) in [5, 5.41) is 16.6. The zero-order chi connectivity index (χ0) is 11.5. The van der Waals surface area contributed by atoms with Crippen molar-refractivity contribution in [2.24, 2.45) is 0 Å². The standard InChI is InChI=1S/C10H15N3O2/c1-4-5-7-6-11-13-8(12-7)10(2,3)9(14)15/h6H,4-5H2,1-3H3,(H,14,15). The Morgan fingerprint density at radius 1 is 1.53 bits per heavy atom. The second-order valence-corrected chi connectivity index (χ2v) is 3.95. The van der Waals surface area contributed by atoms with Crippen molar-refractivity contribution < 1.29 is 9.90 Å². The number of carbonyl (C=O) groups is 1. The lowest BCUT2D eigenvalue weighted by Crippen LogP contribution is -2.31. The molecule has 0 aliphatic rings. The lowest BCUT2D eigenvalue weighted by Gasteiger charge is -2.16. The van der Waals surface area contributed by atoms with E-state index in [1.807, 2.05) is 6.92 Å². The summed E-state index contributed by atoms with van der Waals surface area (Å²) in [6.45, 7) is 5.17. The summed E-state index contributed by atoms with van der Waals surface area (Å²) >= 11 is 0. The minimum atomic E-state index is -1.09. The highest BCUT2D eigenvalue weighted by Crippen LogP contribution is 2.18. The molecule has 0 saturated carbocycles.